The summed E-state index contributed by atoms with van der Waals surface area (Å²) in [6, 6.07) is 8.27. The molecule has 20 heavy (non-hydrogen) atoms. The first-order valence-electron chi connectivity index (χ1n) is 6.95. The van der Waals surface area contributed by atoms with Gasteiger partial charge in [-0.2, -0.15) is 5.26 Å². The molecule has 1 unspecified atom stereocenters. The Bertz CT molecular complexity index is 582. The van der Waals surface area contributed by atoms with E-state index in [0.717, 1.165) is 43.0 Å². The summed E-state index contributed by atoms with van der Waals surface area (Å²) in [4.78, 5) is 5.25. The second-order valence-corrected chi connectivity index (χ2v) is 5.19. The third kappa shape index (κ3) is 2.64. The van der Waals surface area contributed by atoms with Crippen LogP contribution in [0.5, 0.6) is 0 Å². The topological polar surface area (TPSA) is 68.6 Å². The van der Waals surface area contributed by atoms with E-state index in [9.17, 15) is 0 Å². The fourth-order valence-electron chi connectivity index (χ4n) is 2.70. The summed E-state index contributed by atoms with van der Waals surface area (Å²) in [5.41, 5.74) is 1.92. The summed E-state index contributed by atoms with van der Waals surface area (Å²) in [7, 11) is 0. The Labute approximate surface area is 118 Å². The minimum Gasteiger partial charge on any atom is -0.367 e. The van der Waals surface area contributed by atoms with Crippen molar-refractivity contribution in [3.63, 3.8) is 0 Å². The van der Waals surface area contributed by atoms with Gasteiger partial charge in [-0.25, -0.2) is 0 Å². The van der Waals surface area contributed by atoms with Crippen LogP contribution in [-0.4, -0.2) is 28.3 Å². The van der Waals surface area contributed by atoms with Gasteiger partial charge in [0.05, 0.1) is 11.8 Å². The molecule has 0 saturated carbocycles. The largest absolute Gasteiger partial charge is 0.367 e. The van der Waals surface area contributed by atoms with Crippen LogP contribution in [0.3, 0.4) is 0 Å². The maximum Gasteiger partial charge on any atom is 0.151 e. The highest BCUT2D eigenvalue weighted by atomic mass is 15.3. The van der Waals surface area contributed by atoms with E-state index in [2.05, 4.69) is 26.2 Å². The van der Waals surface area contributed by atoms with Crippen LogP contribution < -0.4 is 4.90 Å². The van der Waals surface area contributed by atoms with E-state index in [-0.39, 0.29) is 0 Å². The van der Waals surface area contributed by atoms with Crippen molar-refractivity contribution in [3.05, 3.63) is 30.6 Å². The normalized spacial score (nSPS) is 18.8. The summed E-state index contributed by atoms with van der Waals surface area (Å²) < 4.78 is 0. The number of H-pyrrole nitrogens is 1. The molecule has 3 rings (SSSR count). The molecule has 0 aromatic carbocycles. The van der Waals surface area contributed by atoms with Crippen LogP contribution in [0.1, 0.15) is 19.3 Å². The molecule has 1 fully saturated rings. The Morgan fingerprint density at radius 2 is 2.30 bits per heavy atom. The predicted octanol–water partition coefficient (Wildman–Crippen LogP) is 2.60. The van der Waals surface area contributed by atoms with E-state index in [4.69, 9.17) is 5.26 Å². The van der Waals surface area contributed by atoms with Crippen molar-refractivity contribution in [2.24, 2.45) is 5.92 Å². The number of piperidine rings is 1. The standard InChI is InChI=1S/C15H17N5/c16-7-5-12-2-1-9-20(11-12)15-4-3-14(18-19-15)13-6-8-17-10-13/h3-4,6,8,10,12,17H,1-2,5,9,11H2. The molecule has 0 aliphatic carbocycles. The summed E-state index contributed by atoms with van der Waals surface area (Å²) in [5.74, 6) is 1.37. The second kappa shape index (κ2) is 5.74. The van der Waals surface area contributed by atoms with E-state index in [1.54, 1.807) is 0 Å². The molecule has 5 nitrogen and oxygen atoms in total. The van der Waals surface area contributed by atoms with Gasteiger partial charge in [0, 0.05) is 37.5 Å². The van der Waals surface area contributed by atoms with Gasteiger partial charge in [-0.1, -0.05) is 0 Å². The summed E-state index contributed by atoms with van der Waals surface area (Å²) in [6.07, 6.45) is 6.67. The lowest BCUT2D eigenvalue weighted by Gasteiger charge is -2.32. The zero-order valence-electron chi connectivity index (χ0n) is 11.3. The highest BCUT2D eigenvalue weighted by Crippen LogP contribution is 2.24. The Kier molecular flexibility index (Phi) is 3.64. The molecule has 1 atom stereocenters. The highest BCUT2D eigenvalue weighted by Gasteiger charge is 2.20. The van der Waals surface area contributed by atoms with Gasteiger partial charge < -0.3 is 9.88 Å². The van der Waals surface area contributed by atoms with Crippen LogP contribution in [-0.2, 0) is 0 Å². The smallest absolute Gasteiger partial charge is 0.151 e. The number of nitriles is 1. The zero-order chi connectivity index (χ0) is 13.8. The second-order valence-electron chi connectivity index (χ2n) is 5.19. The molecule has 102 valence electrons. The molecule has 0 amide bonds. The van der Waals surface area contributed by atoms with E-state index in [0.29, 0.717) is 12.3 Å². The highest BCUT2D eigenvalue weighted by molar-refractivity contribution is 5.58. The maximum absolute atomic E-state index is 8.82. The lowest BCUT2D eigenvalue weighted by Crippen LogP contribution is -2.35. The first kappa shape index (κ1) is 12.7. The van der Waals surface area contributed by atoms with Crippen LogP contribution in [0.4, 0.5) is 5.82 Å². The molecule has 1 N–H and O–H groups in total. The van der Waals surface area contributed by atoms with E-state index in [1.165, 1.54) is 0 Å². The number of anilines is 1. The molecule has 2 aromatic rings. The third-order valence-corrected chi connectivity index (χ3v) is 3.77. The molecule has 1 saturated heterocycles. The van der Waals surface area contributed by atoms with E-state index < -0.39 is 0 Å². The quantitative estimate of drug-likeness (QED) is 0.928. The fraction of sp³-hybridized carbons (Fsp3) is 0.400. The van der Waals surface area contributed by atoms with Gasteiger partial charge in [-0.15, -0.1) is 10.2 Å². The van der Waals surface area contributed by atoms with Gasteiger partial charge in [0.15, 0.2) is 5.82 Å². The van der Waals surface area contributed by atoms with Crippen molar-refractivity contribution in [2.45, 2.75) is 19.3 Å². The number of rotatable bonds is 3. The van der Waals surface area contributed by atoms with Crippen LogP contribution in [0.25, 0.3) is 11.3 Å². The average Bonchev–Trinajstić information content (AvgIpc) is 3.02. The summed E-state index contributed by atoms with van der Waals surface area (Å²) in [6.45, 7) is 1.91. The molecule has 0 spiro atoms. The zero-order valence-corrected chi connectivity index (χ0v) is 11.3. The van der Waals surface area contributed by atoms with Gasteiger partial charge in [-0.3, -0.25) is 0 Å². The number of nitrogens with one attached hydrogen (secondary N) is 1. The van der Waals surface area contributed by atoms with E-state index in [1.807, 2.05) is 30.6 Å². The number of hydrogen-bond donors (Lipinski definition) is 1. The van der Waals surface area contributed by atoms with Crippen molar-refractivity contribution >= 4 is 5.82 Å². The minimum atomic E-state index is 0.458. The Morgan fingerprint density at radius 3 is 3.00 bits per heavy atom. The van der Waals surface area contributed by atoms with Crippen LogP contribution in [0.2, 0.25) is 0 Å². The minimum absolute atomic E-state index is 0.458. The molecule has 1 aliphatic rings. The molecular formula is C15H17N5. The van der Waals surface area contributed by atoms with Crippen molar-refractivity contribution in [1.29, 1.82) is 5.26 Å². The first-order valence-corrected chi connectivity index (χ1v) is 6.95. The number of aromatic amines is 1. The lowest BCUT2D eigenvalue weighted by molar-refractivity contribution is 0.419. The van der Waals surface area contributed by atoms with Gasteiger partial charge in [-0.05, 0) is 37.0 Å². The molecule has 1 aliphatic heterocycles. The molecule has 2 aromatic heterocycles. The number of hydrogen-bond acceptors (Lipinski definition) is 4. The summed E-state index contributed by atoms with van der Waals surface area (Å²) >= 11 is 0. The number of nitrogens with zero attached hydrogens (tertiary/aromatic N) is 4. The summed E-state index contributed by atoms with van der Waals surface area (Å²) in [5, 5.41) is 17.4. The van der Waals surface area contributed by atoms with Crippen LogP contribution in [0.15, 0.2) is 30.6 Å². The average molecular weight is 267 g/mol. The Hall–Kier alpha value is -2.35. The first-order chi connectivity index (χ1) is 9.86. The maximum atomic E-state index is 8.82. The molecule has 3 heterocycles. The van der Waals surface area contributed by atoms with Crippen LogP contribution in [0, 0.1) is 17.2 Å². The van der Waals surface area contributed by atoms with E-state index >= 15 is 0 Å². The molecular weight excluding hydrogens is 250 g/mol. The van der Waals surface area contributed by atoms with Gasteiger partial charge >= 0.3 is 0 Å². The fourth-order valence-corrected chi connectivity index (χ4v) is 2.70. The third-order valence-electron chi connectivity index (χ3n) is 3.77. The predicted molar refractivity (Wildman–Crippen MR) is 77.0 cm³/mol. The van der Waals surface area contributed by atoms with Crippen LogP contribution >= 0.6 is 0 Å². The Morgan fingerprint density at radius 1 is 1.35 bits per heavy atom. The van der Waals surface area contributed by atoms with Crippen molar-refractivity contribution in [2.75, 3.05) is 18.0 Å². The molecule has 0 bridgehead atoms. The van der Waals surface area contributed by atoms with Crippen molar-refractivity contribution in [3.8, 4) is 17.3 Å². The van der Waals surface area contributed by atoms with Crippen molar-refractivity contribution < 1.29 is 0 Å². The molecule has 5 heteroatoms. The molecule has 0 radical (unpaired) electrons. The van der Waals surface area contributed by atoms with Crippen molar-refractivity contribution in [1.82, 2.24) is 15.2 Å². The monoisotopic (exact) mass is 267 g/mol. The SMILES string of the molecule is N#CCC1CCCN(c2ccc(-c3cc[nH]c3)nn2)C1. The van der Waals surface area contributed by atoms with Gasteiger partial charge in [0.2, 0.25) is 0 Å². The Balaban J connectivity index is 1.73. The van der Waals surface area contributed by atoms with Gasteiger partial charge in [0.1, 0.15) is 0 Å². The van der Waals surface area contributed by atoms with Gasteiger partial charge in [0.25, 0.3) is 0 Å². The lowest BCUT2D eigenvalue weighted by atomic mass is 9.95. The number of aromatic nitrogens is 3.